The number of hydrogen-bond donors (Lipinski definition) is 1. The van der Waals surface area contributed by atoms with E-state index in [4.69, 9.17) is 4.74 Å². The summed E-state index contributed by atoms with van der Waals surface area (Å²) in [7, 11) is 0. The van der Waals surface area contributed by atoms with E-state index in [1.807, 2.05) is 25.1 Å². The Balaban J connectivity index is 1.95. The number of anilines is 1. The van der Waals surface area contributed by atoms with Gasteiger partial charge in [0, 0.05) is 31.9 Å². The van der Waals surface area contributed by atoms with Crippen LogP contribution in [0.5, 0.6) is 0 Å². The smallest absolute Gasteiger partial charge is 0.309 e. The molecule has 20 heavy (non-hydrogen) atoms. The number of hydrogen-bond acceptors (Lipinski definition) is 4. The van der Waals surface area contributed by atoms with Crippen LogP contribution in [0.15, 0.2) is 30.3 Å². The monoisotopic (exact) mass is 274 g/mol. The number of rotatable bonds is 5. The lowest BCUT2D eigenvalue weighted by Crippen LogP contribution is -2.43. The van der Waals surface area contributed by atoms with E-state index in [9.17, 15) is 4.79 Å². The van der Waals surface area contributed by atoms with Crippen LogP contribution >= 0.6 is 0 Å². The van der Waals surface area contributed by atoms with Crippen LogP contribution in [0.2, 0.25) is 0 Å². The average molecular weight is 274 g/mol. The predicted molar refractivity (Wildman–Crippen MR) is 81.8 cm³/mol. The van der Waals surface area contributed by atoms with Gasteiger partial charge < -0.3 is 15.0 Å². The summed E-state index contributed by atoms with van der Waals surface area (Å²) < 4.78 is 4.89. The largest absolute Gasteiger partial charge is 0.466 e. The molecule has 4 nitrogen and oxygen atoms in total. The van der Waals surface area contributed by atoms with Crippen molar-refractivity contribution in [3.8, 4) is 0 Å². The lowest BCUT2D eigenvalue weighted by molar-refractivity contribution is -0.142. The van der Waals surface area contributed by atoms with Crippen molar-refractivity contribution >= 4 is 17.7 Å². The van der Waals surface area contributed by atoms with Crippen molar-refractivity contribution < 1.29 is 9.53 Å². The molecule has 1 heterocycles. The number of benzene rings is 1. The van der Waals surface area contributed by atoms with Gasteiger partial charge in [0.2, 0.25) is 0 Å². The fourth-order valence-electron chi connectivity index (χ4n) is 2.26. The number of nitrogens with zero attached hydrogens (tertiary/aromatic N) is 1. The van der Waals surface area contributed by atoms with Gasteiger partial charge in [0.1, 0.15) is 0 Å². The highest BCUT2D eigenvalue weighted by molar-refractivity contribution is 5.73. The van der Waals surface area contributed by atoms with Crippen molar-refractivity contribution in [1.29, 1.82) is 0 Å². The van der Waals surface area contributed by atoms with Gasteiger partial charge in [-0.15, -0.1) is 0 Å². The second kappa shape index (κ2) is 7.70. The molecule has 0 aliphatic carbocycles. The molecule has 0 radical (unpaired) electrons. The summed E-state index contributed by atoms with van der Waals surface area (Å²) in [5.41, 5.74) is 2.36. The molecule has 0 atom stereocenters. The van der Waals surface area contributed by atoms with E-state index < -0.39 is 0 Å². The second-order valence-corrected chi connectivity index (χ2v) is 4.74. The number of piperazine rings is 1. The molecule has 2 rings (SSSR count). The summed E-state index contributed by atoms with van der Waals surface area (Å²) in [6, 6.07) is 8.40. The van der Waals surface area contributed by atoms with E-state index in [0.29, 0.717) is 13.0 Å². The summed E-state index contributed by atoms with van der Waals surface area (Å²) in [5, 5.41) is 3.35. The minimum atomic E-state index is -0.179. The van der Waals surface area contributed by atoms with E-state index in [2.05, 4.69) is 28.4 Å². The van der Waals surface area contributed by atoms with E-state index in [1.165, 1.54) is 5.69 Å². The Kier molecular flexibility index (Phi) is 5.62. The van der Waals surface area contributed by atoms with E-state index in [-0.39, 0.29) is 5.97 Å². The Bertz CT molecular complexity index is 465. The zero-order valence-electron chi connectivity index (χ0n) is 12.0. The van der Waals surface area contributed by atoms with Gasteiger partial charge in [0.05, 0.1) is 13.0 Å². The van der Waals surface area contributed by atoms with Crippen LogP contribution in [0.3, 0.4) is 0 Å². The molecule has 0 saturated carbocycles. The molecule has 1 aliphatic heterocycles. The third-order valence-corrected chi connectivity index (χ3v) is 3.25. The zero-order chi connectivity index (χ0) is 14.2. The van der Waals surface area contributed by atoms with Crippen molar-refractivity contribution in [1.82, 2.24) is 5.32 Å². The van der Waals surface area contributed by atoms with Gasteiger partial charge in [-0.05, 0) is 24.6 Å². The first kappa shape index (κ1) is 14.6. The molecule has 108 valence electrons. The molecule has 1 saturated heterocycles. The Hall–Kier alpha value is -1.81. The van der Waals surface area contributed by atoms with Gasteiger partial charge in [-0.1, -0.05) is 24.3 Å². The van der Waals surface area contributed by atoms with Crippen molar-refractivity contribution in [3.05, 3.63) is 35.9 Å². The predicted octanol–water partition coefficient (Wildman–Crippen LogP) is 2.06. The fourth-order valence-corrected chi connectivity index (χ4v) is 2.26. The number of esters is 1. The van der Waals surface area contributed by atoms with Gasteiger partial charge in [0.25, 0.3) is 0 Å². The Morgan fingerprint density at radius 1 is 1.40 bits per heavy atom. The lowest BCUT2D eigenvalue weighted by Gasteiger charge is -2.29. The lowest BCUT2D eigenvalue weighted by atomic mass is 10.1. The number of nitrogens with one attached hydrogen (secondary N) is 1. The van der Waals surface area contributed by atoms with Crippen molar-refractivity contribution in [2.75, 3.05) is 37.7 Å². The SMILES string of the molecule is CCOC(=O)CC=Cc1cccc(N2CCNCC2)c1. The summed E-state index contributed by atoms with van der Waals surface area (Å²) in [4.78, 5) is 13.6. The standard InChI is InChI=1S/C16H22N2O2/c1-2-20-16(19)8-4-6-14-5-3-7-15(13-14)18-11-9-17-10-12-18/h3-7,13,17H,2,8-12H2,1H3. The maximum Gasteiger partial charge on any atom is 0.309 e. The van der Waals surface area contributed by atoms with E-state index in [0.717, 1.165) is 31.7 Å². The number of carbonyl (C=O) groups excluding carboxylic acids is 1. The van der Waals surface area contributed by atoms with Crippen LogP contribution < -0.4 is 10.2 Å². The fraction of sp³-hybridized carbons (Fsp3) is 0.438. The molecule has 0 amide bonds. The van der Waals surface area contributed by atoms with Crippen LogP contribution in [0.25, 0.3) is 6.08 Å². The summed E-state index contributed by atoms with van der Waals surface area (Å²) >= 11 is 0. The van der Waals surface area contributed by atoms with Gasteiger partial charge in [-0.25, -0.2) is 0 Å². The topological polar surface area (TPSA) is 41.6 Å². The highest BCUT2D eigenvalue weighted by Gasteiger charge is 2.09. The molecule has 0 aromatic heterocycles. The Labute approximate surface area is 120 Å². The van der Waals surface area contributed by atoms with Crippen molar-refractivity contribution in [2.24, 2.45) is 0 Å². The summed E-state index contributed by atoms with van der Waals surface area (Å²) in [6.45, 7) is 6.39. The molecule has 1 aromatic carbocycles. The number of carbonyl (C=O) groups is 1. The maximum atomic E-state index is 11.3. The quantitative estimate of drug-likeness (QED) is 0.835. The molecule has 0 spiro atoms. The van der Waals surface area contributed by atoms with Gasteiger partial charge in [-0.3, -0.25) is 4.79 Å². The van der Waals surface area contributed by atoms with Crippen LogP contribution in [-0.4, -0.2) is 38.8 Å². The van der Waals surface area contributed by atoms with Gasteiger partial charge in [-0.2, -0.15) is 0 Å². The van der Waals surface area contributed by atoms with Crippen LogP contribution in [0.4, 0.5) is 5.69 Å². The summed E-state index contributed by atoms with van der Waals surface area (Å²) in [6.07, 6.45) is 4.16. The van der Waals surface area contributed by atoms with E-state index in [1.54, 1.807) is 0 Å². The van der Waals surface area contributed by atoms with Crippen molar-refractivity contribution in [3.63, 3.8) is 0 Å². The molecule has 1 fully saturated rings. The first-order chi connectivity index (χ1) is 9.79. The minimum absolute atomic E-state index is 0.179. The molecule has 1 N–H and O–H groups in total. The minimum Gasteiger partial charge on any atom is -0.466 e. The average Bonchev–Trinajstić information content (AvgIpc) is 2.49. The highest BCUT2D eigenvalue weighted by Crippen LogP contribution is 2.17. The molecule has 4 heteroatoms. The van der Waals surface area contributed by atoms with Gasteiger partial charge in [0.15, 0.2) is 0 Å². The molecular formula is C16H22N2O2. The highest BCUT2D eigenvalue weighted by atomic mass is 16.5. The molecule has 0 bridgehead atoms. The maximum absolute atomic E-state index is 11.3. The third-order valence-electron chi connectivity index (χ3n) is 3.25. The molecule has 1 aromatic rings. The third kappa shape index (κ3) is 4.38. The normalized spacial score (nSPS) is 15.6. The Morgan fingerprint density at radius 3 is 2.95 bits per heavy atom. The molecule has 1 aliphatic rings. The van der Waals surface area contributed by atoms with Crippen LogP contribution in [0, 0.1) is 0 Å². The molecule has 0 unspecified atom stereocenters. The second-order valence-electron chi connectivity index (χ2n) is 4.74. The summed E-state index contributed by atoms with van der Waals surface area (Å²) in [5.74, 6) is -0.179. The van der Waals surface area contributed by atoms with Gasteiger partial charge >= 0.3 is 5.97 Å². The van der Waals surface area contributed by atoms with Crippen LogP contribution in [0.1, 0.15) is 18.9 Å². The first-order valence-electron chi connectivity index (χ1n) is 7.17. The number of ether oxygens (including phenoxy) is 1. The van der Waals surface area contributed by atoms with Crippen molar-refractivity contribution in [2.45, 2.75) is 13.3 Å². The van der Waals surface area contributed by atoms with Crippen LogP contribution in [-0.2, 0) is 9.53 Å². The first-order valence-corrected chi connectivity index (χ1v) is 7.17. The molecular weight excluding hydrogens is 252 g/mol. The zero-order valence-corrected chi connectivity index (χ0v) is 12.0. The Morgan fingerprint density at radius 2 is 2.20 bits per heavy atom. The van der Waals surface area contributed by atoms with E-state index >= 15 is 0 Å².